The van der Waals surface area contributed by atoms with Crippen molar-refractivity contribution in [3.63, 3.8) is 0 Å². The maximum Gasteiger partial charge on any atom is 0.230 e. The fourth-order valence-electron chi connectivity index (χ4n) is 4.97. The molecule has 0 radical (unpaired) electrons. The zero-order valence-electron chi connectivity index (χ0n) is 20.5. The molecule has 1 N–H and O–H groups in total. The van der Waals surface area contributed by atoms with Gasteiger partial charge in [-0.1, -0.05) is 42.5 Å². The summed E-state index contributed by atoms with van der Waals surface area (Å²) < 4.78 is 58.9. The van der Waals surface area contributed by atoms with E-state index in [2.05, 4.69) is 5.32 Å². The van der Waals surface area contributed by atoms with E-state index >= 15 is 4.39 Å². The molecule has 10 heteroatoms. The molecule has 2 aromatic rings. The van der Waals surface area contributed by atoms with E-state index in [0.717, 1.165) is 24.7 Å². The number of hydrogen-bond acceptors (Lipinski definition) is 6. The van der Waals surface area contributed by atoms with Gasteiger partial charge in [0.25, 0.3) is 0 Å². The van der Waals surface area contributed by atoms with Crippen molar-refractivity contribution >= 4 is 27.1 Å². The number of carbonyl (C=O) groups is 1. The number of ether oxygens (including phenoxy) is 1. The van der Waals surface area contributed by atoms with Crippen molar-refractivity contribution in [2.75, 3.05) is 38.3 Å². The second-order valence-electron chi connectivity index (χ2n) is 9.57. The quantitative estimate of drug-likeness (QED) is 0.521. The smallest absolute Gasteiger partial charge is 0.230 e. The summed E-state index contributed by atoms with van der Waals surface area (Å²) in [5, 5.41) is 2.62. The van der Waals surface area contributed by atoms with Crippen LogP contribution in [0.3, 0.4) is 0 Å². The fraction of sp³-hybridized carbons (Fsp3) is 0.500. The molecule has 196 valence electrons. The number of rotatable bonds is 8. The number of sulfone groups is 1. The molecule has 4 rings (SSSR count). The van der Waals surface area contributed by atoms with Crippen LogP contribution in [-0.2, 0) is 42.7 Å². The molecule has 2 aliphatic rings. The lowest BCUT2D eigenvalue weighted by Crippen LogP contribution is -2.49. The molecule has 2 fully saturated rings. The van der Waals surface area contributed by atoms with Gasteiger partial charge in [0.2, 0.25) is 5.91 Å². The summed E-state index contributed by atoms with van der Waals surface area (Å²) in [7, 11) is -3.22. The Balaban J connectivity index is 1.50. The predicted octanol–water partition coefficient (Wildman–Crippen LogP) is 3.04. The lowest BCUT2D eigenvalue weighted by molar-refractivity contribution is -0.130. The van der Waals surface area contributed by atoms with Crippen LogP contribution >= 0.6 is 0 Å². The number of hydrogen-bond donors (Lipinski definition) is 1. The van der Waals surface area contributed by atoms with Gasteiger partial charge in [0.1, 0.15) is 15.7 Å². The minimum Gasteiger partial charge on any atom is -0.597 e. The minimum atomic E-state index is -3.22. The second-order valence-corrected chi connectivity index (χ2v) is 13.5. The van der Waals surface area contributed by atoms with Gasteiger partial charge in [-0.3, -0.25) is 4.79 Å². The molecule has 0 aromatic heterocycles. The third kappa shape index (κ3) is 6.28. The summed E-state index contributed by atoms with van der Waals surface area (Å²) in [5.74, 6) is -0.916. The van der Waals surface area contributed by atoms with E-state index in [-0.39, 0.29) is 30.0 Å². The highest BCUT2D eigenvalue weighted by Crippen LogP contribution is 2.38. The first-order valence-electron chi connectivity index (χ1n) is 12.2. The molecule has 2 heterocycles. The first kappa shape index (κ1) is 27.1. The number of carbonyl (C=O) groups excluding carboxylic acids is 1. The Hall–Kier alpha value is -1.98. The van der Waals surface area contributed by atoms with Crippen LogP contribution < -0.4 is 5.32 Å². The lowest BCUT2D eigenvalue weighted by Gasteiger charge is -2.37. The van der Waals surface area contributed by atoms with Crippen molar-refractivity contribution < 1.29 is 26.9 Å². The molecule has 2 aliphatic heterocycles. The van der Waals surface area contributed by atoms with Crippen LogP contribution in [0.5, 0.6) is 0 Å². The van der Waals surface area contributed by atoms with Crippen molar-refractivity contribution in [3.05, 3.63) is 71.0 Å². The standard InChI is InChI=1S/C26H33FN2O5S2/c1-36(32,33)17-13-28-25(30)26(11-15-34-16-12-26)22-10-9-21(23(27)18-22)19-29-14-5-8-24(35(29)31)20-6-3-2-4-7-20/h2-4,6-7,9-10,18,24H,5,8,11-17,19H2,1H3,(H,28,30)/t24-,35?/m1/s1. The Labute approximate surface area is 215 Å². The van der Waals surface area contributed by atoms with Crippen LogP contribution in [0.25, 0.3) is 0 Å². The van der Waals surface area contributed by atoms with Crippen LogP contribution in [0.15, 0.2) is 48.5 Å². The summed E-state index contributed by atoms with van der Waals surface area (Å²) in [6.07, 6.45) is 3.58. The van der Waals surface area contributed by atoms with Gasteiger partial charge in [0.05, 0.1) is 17.7 Å². The van der Waals surface area contributed by atoms with E-state index in [4.69, 9.17) is 4.74 Å². The summed E-state index contributed by atoms with van der Waals surface area (Å²) >= 11 is -1.28. The SMILES string of the molecule is CS(=O)(=O)CCNC(=O)C1(c2ccc(CN3CCC[C@H](c4ccccc4)[S+]3[O-])c(F)c2)CCOCC1. The zero-order valence-corrected chi connectivity index (χ0v) is 22.1. The van der Waals surface area contributed by atoms with Gasteiger partial charge in [-0.2, -0.15) is 0 Å². The number of halogens is 1. The average Bonchev–Trinajstić information content (AvgIpc) is 2.86. The van der Waals surface area contributed by atoms with Gasteiger partial charge in [-0.05, 0) is 30.9 Å². The molecular weight excluding hydrogens is 503 g/mol. The van der Waals surface area contributed by atoms with Crippen LogP contribution in [0.4, 0.5) is 4.39 Å². The maximum atomic E-state index is 15.4. The van der Waals surface area contributed by atoms with E-state index in [9.17, 15) is 17.8 Å². The summed E-state index contributed by atoms with van der Waals surface area (Å²) in [6, 6.07) is 14.6. The molecular formula is C26H33FN2O5S2. The highest BCUT2D eigenvalue weighted by molar-refractivity contribution is 7.90. The number of nitrogens with one attached hydrogen (secondary N) is 1. The third-order valence-electron chi connectivity index (χ3n) is 7.03. The van der Waals surface area contributed by atoms with Gasteiger partial charge < -0.3 is 14.6 Å². The van der Waals surface area contributed by atoms with Crippen molar-refractivity contribution in [2.24, 2.45) is 0 Å². The summed E-state index contributed by atoms with van der Waals surface area (Å²) in [6.45, 7) is 1.57. The molecule has 2 aromatic carbocycles. The Morgan fingerprint density at radius 1 is 1.22 bits per heavy atom. The Morgan fingerprint density at radius 3 is 2.61 bits per heavy atom. The van der Waals surface area contributed by atoms with Gasteiger partial charge in [-0.25, -0.2) is 12.8 Å². The first-order valence-corrected chi connectivity index (χ1v) is 15.5. The van der Waals surface area contributed by atoms with Gasteiger partial charge >= 0.3 is 0 Å². The van der Waals surface area contributed by atoms with E-state index in [1.165, 1.54) is 6.07 Å². The first-order chi connectivity index (χ1) is 17.2. The Kier molecular flexibility index (Phi) is 8.72. The third-order valence-corrected chi connectivity index (χ3v) is 9.80. The van der Waals surface area contributed by atoms with E-state index in [0.29, 0.717) is 43.7 Å². The van der Waals surface area contributed by atoms with E-state index in [1.807, 2.05) is 34.6 Å². The average molecular weight is 537 g/mol. The van der Waals surface area contributed by atoms with Gasteiger partial charge in [0.15, 0.2) is 5.25 Å². The molecule has 0 spiro atoms. The van der Waals surface area contributed by atoms with Crippen LogP contribution in [-0.4, -0.2) is 61.5 Å². The molecule has 0 aliphatic carbocycles. The molecule has 0 saturated carbocycles. The summed E-state index contributed by atoms with van der Waals surface area (Å²) in [4.78, 5) is 13.2. The molecule has 2 saturated heterocycles. The van der Waals surface area contributed by atoms with Crippen LogP contribution in [0.2, 0.25) is 0 Å². The Bertz CT molecular complexity index is 1160. The van der Waals surface area contributed by atoms with Crippen molar-refractivity contribution in [2.45, 2.75) is 42.9 Å². The predicted molar refractivity (Wildman–Crippen MR) is 138 cm³/mol. The number of benzene rings is 2. The maximum absolute atomic E-state index is 15.4. The molecule has 7 nitrogen and oxygen atoms in total. The largest absolute Gasteiger partial charge is 0.597 e. The highest BCUT2D eigenvalue weighted by atomic mass is 32.2. The lowest BCUT2D eigenvalue weighted by atomic mass is 9.73. The fourth-order valence-corrected chi connectivity index (χ4v) is 7.13. The monoisotopic (exact) mass is 536 g/mol. The van der Waals surface area contributed by atoms with E-state index in [1.54, 1.807) is 12.1 Å². The van der Waals surface area contributed by atoms with E-state index < -0.39 is 32.4 Å². The van der Waals surface area contributed by atoms with Crippen molar-refractivity contribution in [3.8, 4) is 0 Å². The second kappa shape index (κ2) is 11.6. The van der Waals surface area contributed by atoms with Crippen molar-refractivity contribution in [1.29, 1.82) is 0 Å². The number of amides is 1. The molecule has 2 atom stereocenters. The van der Waals surface area contributed by atoms with Gasteiger partial charge in [0, 0.05) is 61.5 Å². The molecule has 1 amide bonds. The van der Waals surface area contributed by atoms with Crippen LogP contribution in [0, 0.1) is 5.82 Å². The molecule has 36 heavy (non-hydrogen) atoms. The van der Waals surface area contributed by atoms with Crippen LogP contribution in [0.1, 0.15) is 47.6 Å². The van der Waals surface area contributed by atoms with Gasteiger partial charge in [-0.15, -0.1) is 4.31 Å². The summed E-state index contributed by atoms with van der Waals surface area (Å²) in [5.41, 5.74) is 1.02. The number of nitrogens with zero attached hydrogens (tertiary/aromatic N) is 1. The normalized spacial score (nSPS) is 22.8. The molecule has 0 bridgehead atoms. The highest BCUT2D eigenvalue weighted by Gasteiger charge is 2.42. The zero-order chi connectivity index (χ0) is 25.8. The molecule has 1 unspecified atom stereocenters. The Morgan fingerprint density at radius 2 is 1.94 bits per heavy atom. The minimum absolute atomic E-state index is 0.00416. The topological polar surface area (TPSA) is 98.8 Å². The van der Waals surface area contributed by atoms with Crippen molar-refractivity contribution in [1.82, 2.24) is 9.62 Å².